The second kappa shape index (κ2) is 6.48. The number of aldehydes is 1. The van der Waals surface area contributed by atoms with Crippen LogP contribution in [-0.2, 0) is 11.8 Å². The van der Waals surface area contributed by atoms with E-state index in [9.17, 15) is 9.59 Å². The first-order chi connectivity index (χ1) is 12.0. The van der Waals surface area contributed by atoms with Crippen molar-refractivity contribution in [2.75, 3.05) is 13.7 Å². The van der Waals surface area contributed by atoms with Crippen molar-refractivity contribution in [2.45, 2.75) is 0 Å². The van der Waals surface area contributed by atoms with E-state index in [0.717, 1.165) is 17.4 Å². The molecule has 128 valence electrons. The molecule has 3 rings (SSSR count). The summed E-state index contributed by atoms with van der Waals surface area (Å²) in [6.45, 7) is 4.18. The summed E-state index contributed by atoms with van der Waals surface area (Å²) in [5.74, 6) is 0.360. The maximum atomic E-state index is 12.6. The van der Waals surface area contributed by atoms with Crippen LogP contribution in [0, 0.1) is 5.41 Å². The molecule has 2 N–H and O–H groups in total. The van der Waals surface area contributed by atoms with Gasteiger partial charge in [0.15, 0.2) is 16.9 Å². The number of ether oxygens (including phenoxy) is 1. The number of carbonyl (C=O) groups is 2. The number of amides is 1. The van der Waals surface area contributed by atoms with Crippen molar-refractivity contribution in [2.24, 2.45) is 7.05 Å². The molecule has 0 aromatic carbocycles. The van der Waals surface area contributed by atoms with Crippen molar-refractivity contribution >= 4 is 40.1 Å². The molecule has 0 bridgehead atoms. The molecule has 25 heavy (non-hydrogen) atoms. The fourth-order valence-electron chi connectivity index (χ4n) is 2.74. The number of fused-ring (bicyclic) bond motifs is 1. The molecule has 2 heterocycles. The number of nitrogens with one attached hydrogen (secondary N) is 2. The van der Waals surface area contributed by atoms with Gasteiger partial charge in [-0.2, -0.15) is 0 Å². The van der Waals surface area contributed by atoms with Gasteiger partial charge in [-0.3, -0.25) is 9.59 Å². The normalized spacial score (nSPS) is 13.6. The van der Waals surface area contributed by atoms with E-state index in [4.69, 9.17) is 10.1 Å². The minimum absolute atomic E-state index is 0.313. The molecule has 0 radical (unpaired) electrons. The molecule has 1 aliphatic rings. The Kier molecular flexibility index (Phi) is 4.37. The molecule has 0 fully saturated rings. The SMILES string of the molecule is C=C1C=C(CNC(=O)c2c(C=N)c3sc(C=O)nc3n2C)C=C1OC. The number of aryl methyl sites for hydroxylation is 1. The number of rotatable bonds is 6. The van der Waals surface area contributed by atoms with Crippen molar-refractivity contribution in [3.63, 3.8) is 0 Å². The summed E-state index contributed by atoms with van der Waals surface area (Å²) in [7, 11) is 3.26. The number of allylic oxidation sites excluding steroid dienone is 1. The molecule has 0 saturated heterocycles. The summed E-state index contributed by atoms with van der Waals surface area (Å²) in [5.41, 5.74) is 2.96. The molecule has 2 aromatic heterocycles. The second-order valence-corrected chi connectivity index (χ2v) is 6.46. The van der Waals surface area contributed by atoms with Gasteiger partial charge < -0.3 is 20.0 Å². The fraction of sp³-hybridized carbons (Fsp3) is 0.176. The Hall–Kier alpha value is -3.00. The molecular formula is C17H16N4O3S. The molecule has 0 atom stereocenters. The maximum Gasteiger partial charge on any atom is 0.268 e. The summed E-state index contributed by atoms with van der Waals surface area (Å²) in [6.07, 6.45) is 5.45. The predicted molar refractivity (Wildman–Crippen MR) is 96.5 cm³/mol. The molecule has 0 saturated carbocycles. The summed E-state index contributed by atoms with van der Waals surface area (Å²) in [4.78, 5) is 27.7. The van der Waals surface area contributed by atoms with Crippen LogP contribution >= 0.6 is 11.3 Å². The van der Waals surface area contributed by atoms with Gasteiger partial charge in [0.05, 0.1) is 11.8 Å². The lowest BCUT2D eigenvalue weighted by Gasteiger charge is -2.07. The topological polar surface area (TPSA) is 97.1 Å². The van der Waals surface area contributed by atoms with E-state index in [1.165, 1.54) is 11.3 Å². The smallest absolute Gasteiger partial charge is 0.268 e. The number of hydrogen-bond donors (Lipinski definition) is 2. The molecule has 0 unspecified atom stereocenters. The molecule has 0 spiro atoms. The zero-order chi connectivity index (χ0) is 18.1. The summed E-state index contributed by atoms with van der Waals surface area (Å²) in [5, 5.41) is 10.8. The van der Waals surface area contributed by atoms with E-state index >= 15 is 0 Å². The standard InChI is InChI=1S/C17H16N4O3S/c1-9-4-10(5-12(9)24-3)7-19-17(23)14-11(6-18)15-16(21(14)2)20-13(8-22)25-15/h4-6,8,18H,1,7H2,2-3H3,(H,19,23). The van der Waals surface area contributed by atoms with E-state index in [0.29, 0.717) is 45.2 Å². The van der Waals surface area contributed by atoms with Crippen LogP contribution in [0.3, 0.4) is 0 Å². The van der Waals surface area contributed by atoms with Gasteiger partial charge in [-0.25, -0.2) is 4.98 Å². The van der Waals surface area contributed by atoms with Gasteiger partial charge in [0.1, 0.15) is 11.5 Å². The minimum atomic E-state index is -0.315. The van der Waals surface area contributed by atoms with E-state index in [1.54, 1.807) is 18.7 Å². The Bertz CT molecular complexity index is 978. The van der Waals surface area contributed by atoms with E-state index in [2.05, 4.69) is 16.9 Å². The lowest BCUT2D eigenvalue weighted by atomic mass is 10.2. The monoisotopic (exact) mass is 356 g/mol. The number of nitrogens with zero attached hydrogens (tertiary/aromatic N) is 2. The summed E-state index contributed by atoms with van der Waals surface area (Å²) in [6, 6.07) is 0. The lowest BCUT2D eigenvalue weighted by molar-refractivity contribution is 0.0949. The maximum absolute atomic E-state index is 12.6. The average molecular weight is 356 g/mol. The van der Waals surface area contributed by atoms with E-state index < -0.39 is 0 Å². The Morgan fingerprint density at radius 1 is 1.52 bits per heavy atom. The first-order valence-corrected chi connectivity index (χ1v) is 8.20. The van der Waals surface area contributed by atoms with Crippen LogP contribution in [0.5, 0.6) is 0 Å². The van der Waals surface area contributed by atoms with Crippen molar-refractivity contribution in [3.05, 3.63) is 51.9 Å². The van der Waals surface area contributed by atoms with Crippen LogP contribution in [0.1, 0.15) is 25.9 Å². The highest BCUT2D eigenvalue weighted by molar-refractivity contribution is 7.20. The van der Waals surface area contributed by atoms with Gasteiger partial charge in [0, 0.05) is 30.9 Å². The Morgan fingerprint density at radius 2 is 2.28 bits per heavy atom. The van der Waals surface area contributed by atoms with Gasteiger partial charge in [-0.05, 0) is 17.7 Å². The van der Waals surface area contributed by atoms with Gasteiger partial charge in [0.2, 0.25) is 0 Å². The van der Waals surface area contributed by atoms with Crippen LogP contribution in [0.15, 0.2) is 35.6 Å². The molecule has 0 aliphatic heterocycles. The zero-order valence-corrected chi connectivity index (χ0v) is 14.6. The Morgan fingerprint density at radius 3 is 2.88 bits per heavy atom. The van der Waals surface area contributed by atoms with Gasteiger partial charge in [0.25, 0.3) is 5.91 Å². The van der Waals surface area contributed by atoms with Gasteiger partial charge in [-0.15, -0.1) is 11.3 Å². The predicted octanol–water partition coefficient (Wildman–Crippen LogP) is 2.20. The molecule has 8 heteroatoms. The molecular weight excluding hydrogens is 340 g/mol. The largest absolute Gasteiger partial charge is 0.496 e. The fourth-order valence-corrected chi connectivity index (χ4v) is 3.67. The van der Waals surface area contributed by atoms with Crippen LogP contribution in [0.25, 0.3) is 10.3 Å². The van der Waals surface area contributed by atoms with Gasteiger partial charge in [-0.1, -0.05) is 6.58 Å². The van der Waals surface area contributed by atoms with E-state index in [1.807, 2.05) is 12.2 Å². The van der Waals surface area contributed by atoms with E-state index in [-0.39, 0.29) is 5.91 Å². The quantitative estimate of drug-likeness (QED) is 0.612. The number of thiazole rings is 1. The van der Waals surface area contributed by atoms with Gasteiger partial charge >= 0.3 is 0 Å². The summed E-state index contributed by atoms with van der Waals surface area (Å²) < 4.78 is 7.44. The molecule has 1 amide bonds. The summed E-state index contributed by atoms with van der Waals surface area (Å²) >= 11 is 1.17. The molecule has 2 aromatic rings. The van der Waals surface area contributed by atoms with Crippen molar-refractivity contribution < 1.29 is 14.3 Å². The van der Waals surface area contributed by atoms with Crippen molar-refractivity contribution in [1.29, 1.82) is 5.41 Å². The molecule has 7 nitrogen and oxygen atoms in total. The first-order valence-electron chi connectivity index (χ1n) is 7.38. The number of carbonyl (C=O) groups excluding carboxylic acids is 2. The van der Waals surface area contributed by atoms with Crippen molar-refractivity contribution in [3.8, 4) is 0 Å². The zero-order valence-electron chi connectivity index (χ0n) is 13.8. The third kappa shape index (κ3) is 2.80. The number of aromatic nitrogens is 2. The minimum Gasteiger partial charge on any atom is -0.496 e. The third-order valence-electron chi connectivity index (χ3n) is 3.90. The average Bonchev–Trinajstić information content (AvgIpc) is 3.25. The van der Waals surface area contributed by atoms with Crippen LogP contribution in [0.4, 0.5) is 0 Å². The third-order valence-corrected chi connectivity index (χ3v) is 4.91. The highest BCUT2D eigenvalue weighted by Crippen LogP contribution is 2.29. The number of methoxy groups -OCH3 is 1. The highest BCUT2D eigenvalue weighted by Gasteiger charge is 2.23. The highest BCUT2D eigenvalue weighted by atomic mass is 32.1. The Labute approximate surface area is 147 Å². The first kappa shape index (κ1) is 16.8. The van der Waals surface area contributed by atoms with Crippen LogP contribution in [0.2, 0.25) is 0 Å². The molecule has 1 aliphatic carbocycles. The lowest BCUT2D eigenvalue weighted by Crippen LogP contribution is -2.28. The van der Waals surface area contributed by atoms with Crippen molar-refractivity contribution in [1.82, 2.24) is 14.9 Å². The second-order valence-electron chi connectivity index (χ2n) is 5.43. The van der Waals surface area contributed by atoms with Crippen LogP contribution in [-0.4, -0.2) is 41.6 Å². The Balaban J connectivity index is 1.87. The van der Waals surface area contributed by atoms with Crippen LogP contribution < -0.4 is 5.32 Å². The number of hydrogen-bond acceptors (Lipinski definition) is 6.